The molecule has 0 saturated carbocycles. The van der Waals surface area contributed by atoms with Gasteiger partial charge < -0.3 is 4.74 Å². The van der Waals surface area contributed by atoms with Crippen molar-refractivity contribution in [2.45, 2.75) is 97.3 Å². The molecule has 0 aliphatic heterocycles. The number of pyridine rings is 1. The lowest BCUT2D eigenvalue weighted by atomic mass is 9.94. The van der Waals surface area contributed by atoms with Crippen LogP contribution in [-0.2, 0) is 6.42 Å². The number of benzene rings is 1. The zero-order chi connectivity index (χ0) is 20.7. The summed E-state index contributed by atoms with van der Waals surface area (Å²) in [6.07, 6.45) is 16.1. The van der Waals surface area contributed by atoms with Gasteiger partial charge in [-0.2, -0.15) is 0 Å². The fourth-order valence-corrected chi connectivity index (χ4v) is 3.69. The molecule has 2 nitrogen and oxygen atoms in total. The van der Waals surface area contributed by atoms with Gasteiger partial charge >= 0.3 is 0 Å². The summed E-state index contributed by atoms with van der Waals surface area (Å²) in [6, 6.07) is 13.1. The van der Waals surface area contributed by atoms with Crippen molar-refractivity contribution in [2.24, 2.45) is 0 Å². The van der Waals surface area contributed by atoms with Crippen LogP contribution in [0.1, 0.15) is 108 Å². The van der Waals surface area contributed by atoms with E-state index in [2.05, 4.69) is 63.4 Å². The van der Waals surface area contributed by atoms with E-state index < -0.39 is 0 Å². The van der Waals surface area contributed by atoms with E-state index in [9.17, 15) is 0 Å². The van der Waals surface area contributed by atoms with Gasteiger partial charge in [-0.1, -0.05) is 90.3 Å². The second kappa shape index (κ2) is 14.2. The molecule has 1 aromatic carbocycles. The predicted molar refractivity (Wildman–Crippen MR) is 125 cm³/mol. The monoisotopic (exact) mass is 395 g/mol. The van der Waals surface area contributed by atoms with Crippen LogP contribution in [0.2, 0.25) is 0 Å². The first kappa shape index (κ1) is 23.4. The summed E-state index contributed by atoms with van der Waals surface area (Å²) in [4.78, 5) is 4.71. The molecule has 0 N–H and O–H groups in total. The van der Waals surface area contributed by atoms with Gasteiger partial charge in [0.15, 0.2) is 0 Å². The first-order chi connectivity index (χ1) is 14.2. The van der Waals surface area contributed by atoms with Gasteiger partial charge in [-0.25, -0.2) is 0 Å². The summed E-state index contributed by atoms with van der Waals surface area (Å²) >= 11 is 0. The minimum Gasteiger partial charge on any atom is -0.494 e. The number of unbranched alkanes of at least 4 members (excludes halogenated alkanes) is 8. The molecule has 0 saturated heterocycles. The molecule has 29 heavy (non-hydrogen) atoms. The van der Waals surface area contributed by atoms with Crippen LogP contribution in [0.5, 0.6) is 5.75 Å². The highest BCUT2D eigenvalue weighted by Gasteiger charge is 2.09. The van der Waals surface area contributed by atoms with Gasteiger partial charge in [0.1, 0.15) is 5.75 Å². The first-order valence-electron chi connectivity index (χ1n) is 11.9. The summed E-state index contributed by atoms with van der Waals surface area (Å²) in [5.74, 6) is 1.33. The summed E-state index contributed by atoms with van der Waals surface area (Å²) in [5.41, 5.74) is 3.82. The molecule has 0 fully saturated rings. The van der Waals surface area contributed by atoms with Gasteiger partial charge in [-0.05, 0) is 48.6 Å². The minimum atomic E-state index is 0.351. The molecular weight excluding hydrogens is 354 g/mol. The Labute approximate surface area is 179 Å². The van der Waals surface area contributed by atoms with Crippen LogP contribution in [0, 0.1) is 0 Å². The van der Waals surface area contributed by atoms with E-state index in [1.165, 1.54) is 74.6 Å². The third-order valence-electron chi connectivity index (χ3n) is 5.78. The van der Waals surface area contributed by atoms with Gasteiger partial charge in [-0.3, -0.25) is 4.98 Å². The Morgan fingerprint density at radius 1 is 0.724 bits per heavy atom. The van der Waals surface area contributed by atoms with Crippen LogP contribution < -0.4 is 4.74 Å². The maximum absolute atomic E-state index is 5.89. The Morgan fingerprint density at radius 3 is 1.97 bits per heavy atom. The smallest absolute Gasteiger partial charge is 0.119 e. The standard InChI is InChI=1S/C27H41NO/c1-4-6-8-10-12-14-26-18-15-25(22-28-26)23(3)24-16-19-27(20-17-24)29-21-13-11-9-7-5-2/h15-20,22-23H,4-14,21H2,1-3H3. The molecule has 0 amide bonds. The van der Waals surface area contributed by atoms with Crippen molar-refractivity contribution in [3.63, 3.8) is 0 Å². The van der Waals surface area contributed by atoms with E-state index in [0.717, 1.165) is 25.2 Å². The van der Waals surface area contributed by atoms with Crippen LogP contribution in [-0.4, -0.2) is 11.6 Å². The number of aryl methyl sites for hydroxylation is 1. The van der Waals surface area contributed by atoms with E-state index in [1.54, 1.807) is 0 Å². The number of rotatable bonds is 15. The average Bonchev–Trinajstić information content (AvgIpc) is 2.76. The molecule has 0 radical (unpaired) electrons. The fourth-order valence-electron chi connectivity index (χ4n) is 3.69. The van der Waals surface area contributed by atoms with Gasteiger partial charge in [0.05, 0.1) is 6.61 Å². The largest absolute Gasteiger partial charge is 0.494 e. The Balaban J connectivity index is 1.76. The number of nitrogens with zero attached hydrogens (tertiary/aromatic N) is 1. The third-order valence-corrected chi connectivity index (χ3v) is 5.78. The molecule has 1 atom stereocenters. The third kappa shape index (κ3) is 9.02. The van der Waals surface area contributed by atoms with E-state index in [4.69, 9.17) is 9.72 Å². The Hall–Kier alpha value is -1.83. The van der Waals surface area contributed by atoms with Gasteiger partial charge in [0, 0.05) is 17.8 Å². The van der Waals surface area contributed by atoms with Gasteiger partial charge in [0.25, 0.3) is 0 Å². The Bertz CT molecular complexity index is 647. The number of hydrogen-bond donors (Lipinski definition) is 0. The first-order valence-corrected chi connectivity index (χ1v) is 11.9. The molecule has 0 aliphatic rings. The van der Waals surface area contributed by atoms with Gasteiger partial charge in [0.2, 0.25) is 0 Å². The van der Waals surface area contributed by atoms with Crippen molar-refractivity contribution in [3.05, 3.63) is 59.4 Å². The summed E-state index contributed by atoms with van der Waals surface area (Å²) in [6.45, 7) is 7.59. The maximum Gasteiger partial charge on any atom is 0.119 e. The molecular formula is C27H41NO. The van der Waals surface area contributed by atoms with Crippen LogP contribution >= 0.6 is 0 Å². The summed E-state index contributed by atoms with van der Waals surface area (Å²) < 4.78 is 5.89. The normalized spacial score (nSPS) is 12.1. The molecule has 160 valence electrons. The van der Waals surface area contributed by atoms with Crippen LogP contribution in [0.25, 0.3) is 0 Å². The van der Waals surface area contributed by atoms with E-state index in [1.807, 2.05) is 0 Å². The van der Waals surface area contributed by atoms with E-state index >= 15 is 0 Å². The highest BCUT2D eigenvalue weighted by atomic mass is 16.5. The highest BCUT2D eigenvalue weighted by Crippen LogP contribution is 2.26. The van der Waals surface area contributed by atoms with E-state index in [0.29, 0.717) is 5.92 Å². The molecule has 1 aromatic heterocycles. The number of ether oxygens (including phenoxy) is 1. The zero-order valence-electron chi connectivity index (χ0n) is 19.0. The van der Waals surface area contributed by atoms with Crippen LogP contribution in [0.15, 0.2) is 42.6 Å². The maximum atomic E-state index is 5.89. The van der Waals surface area contributed by atoms with Crippen LogP contribution in [0.4, 0.5) is 0 Å². The molecule has 2 aromatic rings. The SMILES string of the molecule is CCCCCCCOc1ccc(C(C)c2ccc(CCCCCCC)nc2)cc1. The molecule has 2 rings (SSSR count). The topological polar surface area (TPSA) is 22.1 Å². The highest BCUT2D eigenvalue weighted by molar-refractivity contribution is 5.34. The van der Waals surface area contributed by atoms with Crippen molar-refractivity contribution in [1.82, 2.24) is 4.98 Å². The lowest BCUT2D eigenvalue weighted by molar-refractivity contribution is 0.304. The molecule has 0 bridgehead atoms. The van der Waals surface area contributed by atoms with Crippen molar-refractivity contribution in [3.8, 4) is 5.75 Å². The summed E-state index contributed by atoms with van der Waals surface area (Å²) in [5, 5.41) is 0. The Morgan fingerprint density at radius 2 is 1.34 bits per heavy atom. The average molecular weight is 396 g/mol. The summed E-state index contributed by atoms with van der Waals surface area (Å²) in [7, 11) is 0. The predicted octanol–water partition coefficient (Wildman–Crippen LogP) is 8.10. The second-order valence-electron chi connectivity index (χ2n) is 8.30. The lowest BCUT2D eigenvalue weighted by Crippen LogP contribution is -2.00. The van der Waals surface area contributed by atoms with Crippen molar-refractivity contribution in [1.29, 1.82) is 0 Å². The zero-order valence-corrected chi connectivity index (χ0v) is 19.0. The number of hydrogen-bond acceptors (Lipinski definition) is 2. The molecule has 1 heterocycles. The van der Waals surface area contributed by atoms with Crippen molar-refractivity contribution >= 4 is 0 Å². The van der Waals surface area contributed by atoms with Crippen molar-refractivity contribution < 1.29 is 4.74 Å². The molecule has 0 spiro atoms. The van der Waals surface area contributed by atoms with Gasteiger partial charge in [-0.15, -0.1) is 0 Å². The minimum absolute atomic E-state index is 0.351. The lowest BCUT2D eigenvalue weighted by Gasteiger charge is -2.14. The molecule has 1 unspecified atom stereocenters. The number of aromatic nitrogens is 1. The Kier molecular flexibility index (Phi) is 11.5. The molecule has 0 aliphatic carbocycles. The van der Waals surface area contributed by atoms with Crippen LogP contribution in [0.3, 0.4) is 0 Å². The molecule has 2 heteroatoms. The second-order valence-corrected chi connectivity index (χ2v) is 8.30. The van der Waals surface area contributed by atoms with Crippen molar-refractivity contribution in [2.75, 3.05) is 6.61 Å². The van der Waals surface area contributed by atoms with E-state index in [-0.39, 0.29) is 0 Å². The fraction of sp³-hybridized carbons (Fsp3) is 0.593. The quantitative estimate of drug-likeness (QED) is 0.284.